The summed E-state index contributed by atoms with van der Waals surface area (Å²) in [6, 6.07) is 7.16. The second-order valence-corrected chi connectivity index (χ2v) is 3.84. The first kappa shape index (κ1) is 11.1. The van der Waals surface area contributed by atoms with E-state index in [1.54, 1.807) is 12.1 Å². The second-order valence-electron chi connectivity index (χ2n) is 3.84. The normalized spacial score (nSPS) is 14.7. The molecule has 1 aromatic carbocycles. The van der Waals surface area contributed by atoms with Crippen LogP contribution in [0.3, 0.4) is 0 Å². The van der Waals surface area contributed by atoms with Crippen LogP contribution < -0.4 is 10.2 Å². The molecule has 0 fully saturated rings. The zero-order valence-corrected chi connectivity index (χ0v) is 9.36. The Morgan fingerprint density at radius 3 is 2.94 bits per heavy atom. The maximum absolute atomic E-state index is 11.8. The Hall–Kier alpha value is -2.35. The fourth-order valence-electron chi connectivity index (χ4n) is 1.79. The first-order chi connectivity index (χ1) is 8.13. The van der Waals surface area contributed by atoms with Crippen molar-refractivity contribution in [2.24, 2.45) is 0 Å². The van der Waals surface area contributed by atoms with Gasteiger partial charge in [-0.1, -0.05) is 11.6 Å². The lowest BCUT2D eigenvalue weighted by Crippen LogP contribution is -2.36. The van der Waals surface area contributed by atoms with E-state index in [0.29, 0.717) is 11.3 Å². The smallest absolute Gasteiger partial charge is 0.253 e. The van der Waals surface area contributed by atoms with E-state index in [1.165, 1.54) is 4.90 Å². The summed E-state index contributed by atoms with van der Waals surface area (Å²) in [4.78, 5) is 24.9. The van der Waals surface area contributed by atoms with Gasteiger partial charge in [0.2, 0.25) is 5.91 Å². The largest absolute Gasteiger partial charge is 0.343 e. The third kappa shape index (κ3) is 1.97. The molecule has 1 heterocycles. The molecular weight excluding hydrogens is 218 g/mol. The number of hydrogen-bond acceptors (Lipinski definition) is 3. The average Bonchev–Trinajstić information content (AvgIpc) is 2.42. The summed E-state index contributed by atoms with van der Waals surface area (Å²) in [5, 5.41) is 11.3. The van der Waals surface area contributed by atoms with E-state index in [4.69, 9.17) is 5.26 Å². The van der Waals surface area contributed by atoms with Gasteiger partial charge in [-0.15, -0.1) is 0 Å². The van der Waals surface area contributed by atoms with Crippen molar-refractivity contribution in [3.63, 3.8) is 0 Å². The minimum atomic E-state index is -0.280. The zero-order valence-electron chi connectivity index (χ0n) is 9.36. The van der Waals surface area contributed by atoms with Crippen LogP contribution in [0.2, 0.25) is 0 Å². The Bertz CT molecular complexity index is 531. The zero-order chi connectivity index (χ0) is 12.4. The minimum absolute atomic E-state index is 0.0517. The highest BCUT2D eigenvalue weighted by Gasteiger charge is 2.25. The van der Waals surface area contributed by atoms with Gasteiger partial charge in [-0.25, -0.2) is 0 Å². The van der Waals surface area contributed by atoms with Gasteiger partial charge in [-0.05, 0) is 19.1 Å². The highest BCUT2D eigenvalue weighted by molar-refractivity contribution is 6.09. The van der Waals surface area contributed by atoms with Crippen molar-refractivity contribution in [2.75, 3.05) is 18.0 Å². The van der Waals surface area contributed by atoms with Crippen molar-refractivity contribution >= 4 is 17.5 Å². The van der Waals surface area contributed by atoms with Crippen LogP contribution in [0.5, 0.6) is 0 Å². The van der Waals surface area contributed by atoms with Crippen molar-refractivity contribution in [1.29, 1.82) is 5.26 Å². The van der Waals surface area contributed by atoms with Gasteiger partial charge in [-0.2, -0.15) is 5.26 Å². The lowest BCUT2D eigenvalue weighted by atomic mass is 10.1. The quantitative estimate of drug-likeness (QED) is 0.716. The van der Waals surface area contributed by atoms with Crippen LogP contribution in [0, 0.1) is 18.3 Å². The van der Waals surface area contributed by atoms with Crippen molar-refractivity contribution in [2.45, 2.75) is 6.92 Å². The van der Waals surface area contributed by atoms with Crippen LogP contribution in [-0.4, -0.2) is 24.9 Å². The number of carbonyl (C=O) groups is 2. The second kappa shape index (κ2) is 4.26. The number of nitrogens with one attached hydrogen (secondary N) is 1. The standard InChI is InChI=1S/C12H11N3O2/c1-8-2-3-10-9(6-8)12(17)14-7-11(16)15(10)5-4-13/h2-3,6H,5,7H2,1H3,(H,14,17). The molecule has 0 radical (unpaired) electrons. The lowest BCUT2D eigenvalue weighted by molar-refractivity contribution is -0.117. The number of nitriles is 1. The number of aryl methyl sites for hydroxylation is 1. The monoisotopic (exact) mass is 229 g/mol. The van der Waals surface area contributed by atoms with Gasteiger partial charge in [-0.3, -0.25) is 14.5 Å². The van der Waals surface area contributed by atoms with Crippen molar-refractivity contribution in [3.05, 3.63) is 29.3 Å². The molecule has 0 bridgehead atoms. The molecule has 86 valence electrons. The Morgan fingerprint density at radius 1 is 1.47 bits per heavy atom. The highest BCUT2D eigenvalue weighted by Crippen LogP contribution is 2.23. The molecule has 1 aliphatic heterocycles. The fraction of sp³-hybridized carbons (Fsp3) is 0.250. The number of amides is 2. The number of hydrogen-bond donors (Lipinski definition) is 1. The summed E-state index contributed by atoms with van der Waals surface area (Å²) in [7, 11) is 0. The van der Waals surface area contributed by atoms with Crippen LogP contribution in [0.1, 0.15) is 15.9 Å². The van der Waals surface area contributed by atoms with Gasteiger partial charge < -0.3 is 5.32 Å². The van der Waals surface area contributed by atoms with Gasteiger partial charge in [0.05, 0.1) is 23.9 Å². The molecule has 1 N–H and O–H groups in total. The summed E-state index contributed by atoms with van der Waals surface area (Å²) < 4.78 is 0. The molecule has 0 aromatic heterocycles. The topological polar surface area (TPSA) is 73.2 Å². The van der Waals surface area contributed by atoms with E-state index >= 15 is 0 Å². The Labute approximate surface area is 98.6 Å². The molecule has 1 aromatic rings. The van der Waals surface area contributed by atoms with Gasteiger partial charge >= 0.3 is 0 Å². The summed E-state index contributed by atoms with van der Waals surface area (Å²) in [5.41, 5.74) is 1.87. The van der Waals surface area contributed by atoms with E-state index < -0.39 is 0 Å². The predicted molar refractivity (Wildman–Crippen MR) is 61.5 cm³/mol. The summed E-state index contributed by atoms with van der Waals surface area (Å²) >= 11 is 0. The molecule has 0 saturated heterocycles. The van der Waals surface area contributed by atoms with Crippen LogP contribution in [0.4, 0.5) is 5.69 Å². The number of anilines is 1. The van der Waals surface area contributed by atoms with Crippen molar-refractivity contribution < 1.29 is 9.59 Å². The number of fused-ring (bicyclic) bond motifs is 1. The van der Waals surface area contributed by atoms with E-state index in [0.717, 1.165) is 5.56 Å². The van der Waals surface area contributed by atoms with Gasteiger partial charge in [0.25, 0.3) is 5.91 Å². The summed E-state index contributed by atoms with van der Waals surface area (Å²) in [5.74, 6) is -0.556. The summed E-state index contributed by atoms with van der Waals surface area (Å²) in [6.07, 6.45) is 0. The van der Waals surface area contributed by atoms with Crippen LogP contribution >= 0.6 is 0 Å². The minimum Gasteiger partial charge on any atom is -0.343 e. The lowest BCUT2D eigenvalue weighted by Gasteiger charge is -2.18. The molecule has 5 nitrogen and oxygen atoms in total. The third-order valence-electron chi connectivity index (χ3n) is 2.62. The van der Waals surface area contributed by atoms with Crippen LogP contribution in [-0.2, 0) is 4.79 Å². The first-order valence-electron chi connectivity index (χ1n) is 5.19. The van der Waals surface area contributed by atoms with Crippen LogP contribution in [0.25, 0.3) is 0 Å². The number of benzene rings is 1. The molecule has 2 amide bonds. The number of rotatable bonds is 1. The Kier molecular flexibility index (Phi) is 2.79. The summed E-state index contributed by atoms with van der Waals surface area (Å²) in [6.45, 7) is 1.74. The van der Waals surface area contributed by atoms with Crippen molar-refractivity contribution in [3.8, 4) is 6.07 Å². The maximum atomic E-state index is 11.8. The number of nitrogens with zero attached hydrogens (tertiary/aromatic N) is 2. The van der Waals surface area contributed by atoms with E-state index in [2.05, 4.69) is 5.32 Å². The molecule has 17 heavy (non-hydrogen) atoms. The first-order valence-corrected chi connectivity index (χ1v) is 5.19. The predicted octanol–water partition coefficient (Wildman–Crippen LogP) is 0.595. The van der Waals surface area contributed by atoms with Gasteiger partial charge in [0.15, 0.2) is 0 Å². The van der Waals surface area contributed by atoms with Gasteiger partial charge in [0.1, 0.15) is 6.54 Å². The maximum Gasteiger partial charge on any atom is 0.253 e. The highest BCUT2D eigenvalue weighted by atomic mass is 16.2. The molecule has 0 aliphatic carbocycles. The fourth-order valence-corrected chi connectivity index (χ4v) is 1.79. The molecule has 1 aliphatic rings. The molecule has 0 saturated carbocycles. The molecule has 5 heteroatoms. The SMILES string of the molecule is Cc1ccc2c(c1)C(=O)NCC(=O)N2CC#N. The molecule has 0 unspecified atom stereocenters. The molecule has 2 rings (SSSR count). The molecular formula is C12H11N3O2. The average molecular weight is 229 g/mol. The van der Waals surface area contributed by atoms with E-state index in [9.17, 15) is 9.59 Å². The molecule has 0 spiro atoms. The Morgan fingerprint density at radius 2 is 2.24 bits per heavy atom. The molecule has 0 atom stereocenters. The Balaban J connectivity index is 2.57. The van der Waals surface area contributed by atoms with Crippen LogP contribution in [0.15, 0.2) is 18.2 Å². The van der Waals surface area contributed by atoms with Crippen molar-refractivity contribution in [1.82, 2.24) is 5.32 Å². The number of carbonyl (C=O) groups excluding carboxylic acids is 2. The van der Waals surface area contributed by atoms with E-state index in [1.807, 2.05) is 19.1 Å². The third-order valence-corrected chi connectivity index (χ3v) is 2.62. The van der Waals surface area contributed by atoms with Gasteiger partial charge in [0, 0.05) is 0 Å². The van der Waals surface area contributed by atoms with E-state index in [-0.39, 0.29) is 24.9 Å².